The number of ketones is 1. The van der Waals surface area contributed by atoms with E-state index in [2.05, 4.69) is 45.4 Å². The molecule has 1 atom stereocenters. The summed E-state index contributed by atoms with van der Waals surface area (Å²) in [7, 11) is -11.2. The minimum Gasteiger partial charge on any atom is -0.383 e. The summed E-state index contributed by atoms with van der Waals surface area (Å²) in [5, 5.41) is 12.8. The average molecular weight is 1180 g/mol. The molecule has 0 bridgehead atoms. The van der Waals surface area contributed by atoms with Gasteiger partial charge in [0.25, 0.3) is 0 Å². The molecule has 7 N–H and O–H groups in total. The fourth-order valence-corrected chi connectivity index (χ4v) is 11.3. The van der Waals surface area contributed by atoms with Crippen molar-refractivity contribution in [3.8, 4) is 0 Å². The zero-order valence-electron chi connectivity index (χ0n) is 44.2. The maximum atomic E-state index is 14.9. The third-order valence-corrected chi connectivity index (χ3v) is 16.1. The minimum atomic E-state index is -3.80. The Balaban J connectivity index is 0.000000184. The average Bonchev–Trinajstić information content (AvgIpc) is 4.33. The number of hydrogen-bond donors (Lipinski definition) is 7. The second-order valence-electron chi connectivity index (χ2n) is 18.2. The number of hydrogen-bond acceptors (Lipinski definition) is 12. The van der Waals surface area contributed by atoms with Gasteiger partial charge in [0.15, 0.2) is 23.7 Å². The summed E-state index contributed by atoms with van der Waals surface area (Å²) < 4.78 is 161. The number of aromatic amines is 3. The maximum Gasteiger partial charge on any atom is 0.232 e. The van der Waals surface area contributed by atoms with Gasteiger partial charge in [-0.15, -0.1) is 0 Å². The number of nitrogens with zero attached hydrogens (tertiary/aromatic N) is 3. The highest BCUT2D eigenvalue weighted by atomic mass is 32.2. The minimum absolute atomic E-state index is 0.00227. The number of aldehydes is 1. The van der Waals surface area contributed by atoms with E-state index in [0.717, 1.165) is 53.2 Å². The van der Waals surface area contributed by atoms with E-state index < -0.39 is 111 Å². The van der Waals surface area contributed by atoms with Crippen molar-refractivity contribution in [3.63, 3.8) is 0 Å². The summed E-state index contributed by atoms with van der Waals surface area (Å²) in [4.78, 5) is 44.4. The van der Waals surface area contributed by atoms with Gasteiger partial charge in [0.1, 0.15) is 40.5 Å². The molecule has 0 radical (unpaired) electrons. The standard InChI is InChI=1S/C18H19F2N3O3S.C18H17F2N3O3S.C10H11F2NO3S.C8H8N2/c2*1-3-6-27(25,26)23-14-5-4-13(19)15(16(14)20)17(24)12-9-22-18-11(12)7-10(2)8-21-18;1-2-5-17(15,16)13-9-4-3-8(11)7(6-14)10(9)12;1-6-4-7-2-3-9-8(7)10-5-6/h4-5,7-9,17,23-24H,3,6H2,1-2H3,(H,21,22);4-5,7-9,23H,3,6H2,1-2H3,(H,21,22);3-4,6,13H,2,5H2,1H3;2-5H,1H3,(H,9,10). The Bertz CT molecular complexity index is 4120. The molecule has 3 aromatic carbocycles. The first-order valence-electron chi connectivity index (χ1n) is 24.6. The van der Waals surface area contributed by atoms with Crippen LogP contribution < -0.4 is 14.2 Å². The number of halogens is 6. The Morgan fingerprint density at radius 1 is 0.580 bits per heavy atom. The molecule has 6 aromatic heterocycles. The molecule has 0 saturated carbocycles. The van der Waals surface area contributed by atoms with Gasteiger partial charge in [-0.05, 0) is 117 Å². The first-order chi connectivity index (χ1) is 38.2. The van der Waals surface area contributed by atoms with Crippen molar-refractivity contribution in [3.05, 3.63) is 177 Å². The Morgan fingerprint density at radius 2 is 1.04 bits per heavy atom. The van der Waals surface area contributed by atoms with E-state index in [1.54, 1.807) is 59.1 Å². The number of aliphatic hydroxyl groups excluding tert-OH is 1. The number of sulfonamides is 3. The van der Waals surface area contributed by atoms with E-state index in [1.807, 2.05) is 30.1 Å². The molecule has 0 saturated heterocycles. The number of carbonyl (C=O) groups is 2. The molecule has 1 unspecified atom stereocenters. The molecule has 0 aliphatic heterocycles. The predicted molar refractivity (Wildman–Crippen MR) is 298 cm³/mol. The number of H-pyrrole nitrogens is 3. The van der Waals surface area contributed by atoms with Crippen LogP contribution in [0.25, 0.3) is 33.1 Å². The number of rotatable bonds is 17. The smallest absolute Gasteiger partial charge is 0.232 e. The van der Waals surface area contributed by atoms with Crippen molar-refractivity contribution in [1.82, 2.24) is 29.9 Å². The van der Waals surface area contributed by atoms with Crippen LogP contribution in [0.3, 0.4) is 0 Å². The van der Waals surface area contributed by atoms with Crippen molar-refractivity contribution in [2.45, 2.75) is 66.9 Å². The van der Waals surface area contributed by atoms with Gasteiger partial charge in [0, 0.05) is 64.5 Å². The Kier molecular flexibility index (Phi) is 20.2. The van der Waals surface area contributed by atoms with Crippen molar-refractivity contribution in [2.24, 2.45) is 0 Å². The highest BCUT2D eigenvalue weighted by molar-refractivity contribution is 7.93. The molecule has 9 aromatic rings. The fraction of sp³-hybridized carbons (Fsp3) is 0.241. The summed E-state index contributed by atoms with van der Waals surface area (Å²) in [5.74, 6) is -8.21. The van der Waals surface area contributed by atoms with E-state index >= 15 is 0 Å². The molecule has 6 heterocycles. The molecule has 430 valence electrons. The summed E-state index contributed by atoms with van der Waals surface area (Å²) >= 11 is 0. The van der Waals surface area contributed by atoms with E-state index in [-0.39, 0.29) is 34.7 Å². The summed E-state index contributed by atoms with van der Waals surface area (Å²) in [5.41, 5.74) is 1.37. The number of aromatic nitrogens is 6. The lowest BCUT2D eigenvalue weighted by atomic mass is 9.99. The number of aliphatic hydroxyl groups is 1. The number of fused-ring (bicyclic) bond motifs is 3. The molecule has 18 nitrogen and oxygen atoms in total. The molecule has 0 spiro atoms. The van der Waals surface area contributed by atoms with Crippen LogP contribution in [0.4, 0.5) is 43.4 Å². The van der Waals surface area contributed by atoms with Crippen LogP contribution in [0.5, 0.6) is 0 Å². The third-order valence-electron chi connectivity index (χ3n) is 11.6. The Morgan fingerprint density at radius 3 is 1.58 bits per heavy atom. The van der Waals surface area contributed by atoms with Gasteiger partial charge < -0.3 is 20.1 Å². The second kappa shape index (κ2) is 26.4. The SMILES string of the molecule is CCCS(=O)(=O)Nc1ccc(F)c(C(=O)c2c[nH]c3ncc(C)cc23)c1F.CCCS(=O)(=O)Nc1ccc(F)c(C(O)c2c[nH]c3ncc(C)cc23)c1F.CCCS(=O)(=O)Nc1ccc(F)c(C=O)c1F.Cc1cnc2[nH]ccc2c1. The second-order valence-corrected chi connectivity index (χ2v) is 23.8. The van der Waals surface area contributed by atoms with E-state index in [0.29, 0.717) is 41.3 Å². The number of benzene rings is 3. The predicted octanol–water partition coefficient (Wildman–Crippen LogP) is 10.7. The van der Waals surface area contributed by atoms with Gasteiger partial charge in [-0.25, -0.2) is 66.5 Å². The van der Waals surface area contributed by atoms with E-state index in [9.17, 15) is 66.3 Å². The first kappa shape index (κ1) is 62.1. The molecular weight excluding hydrogens is 1130 g/mol. The number of carbonyl (C=O) groups excluding carboxylic acids is 2. The van der Waals surface area contributed by atoms with Gasteiger partial charge in [-0.2, -0.15) is 0 Å². The quantitative estimate of drug-likeness (QED) is 0.0255. The van der Waals surface area contributed by atoms with Gasteiger partial charge in [0.2, 0.25) is 35.9 Å². The van der Waals surface area contributed by atoms with Gasteiger partial charge >= 0.3 is 0 Å². The van der Waals surface area contributed by atoms with Crippen molar-refractivity contribution >= 4 is 92.3 Å². The molecule has 0 amide bonds. The lowest BCUT2D eigenvalue weighted by Gasteiger charge is -2.16. The maximum absolute atomic E-state index is 14.9. The first-order valence-corrected chi connectivity index (χ1v) is 29.6. The fourth-order valence-electron chi connectivity index (χ4n) is 7.95. The molecule has 0 aliphatic carbocycles. The van der Waals surface area contributed by atoms with Crippen molar-refractivity contribution in [1.29, 1.82) is 0 Å². The van der Waals surface area contributed by atoms with Gasteiger partial charge in [0.05, 0.1) is 51.0 Å². The molecule has 81 heavy (non-hydrogen) atoms. The summed E-state index contributed by atoms with van der Waals surface area (Å²) in [6.45, 7) is 10.6. The van der Waals surface area contributed by atoms with Crippen molar-refractivity contribution < 1.29 is 66.3 Å². The number of anilines is 3. The van der Waals surface area contributed by atoms with Crippen LogP contribution in [0, 0.1) is 55.7 Å². The largest absolute Gasteiger partial charge is 0.383 e. The molecular formula is C54H55F6N9O9S3. The lowest BCUT2D eigenvalue weighted by Crippen LogP contribution is -2.18. The Hall–Kier alpha value is -8.14. The molecule has 27 heteroatoms. The van der Waals surface area contributed by atoms with Gasteiger partial charge in [-0.1, -0.05) is 20.8 Å². The summed E-state index contributed by atoms with van der Waals surface area (Å²) in [6.07, 6.45) is 9.12. The molecule has 9 rings (SSSR count). The van der Waals surface area contributed by atoms with Crippen LogP contribution in [0.15, 0.2) is 97.8 Å². The van der Waals surface area contributed by atoms with Crippen LogP contribution in [0.2, 0.25) is 0 Å². The van der Waals surface area contributed by atoms with E-state index in [1.165, 1.54) is 23.3 Å². The van der Waals surface area contributed by atoms with E-state index in [4.69, 9.17) is 0 Å². The zero-order valence-corrected chi connectivity index (χ0v) is 46.6. The van der Waals surface area contributed by atoms with Gasteiger partial charge in [-0.3, -0.25) is 23.8 Å². The number of pyridine rings is 3. The van der Waals surface area contributed by atoms with Crippen LogP contribution in [-0.4, -0.2) is 89.6 Å². The van der Waals surface area contributed by atoms with Crippen molar-refractivity contribution in [2.75, 3.05) is 31.4 Å². The number of aryl methyl sites for hydroxylation is 3. The molecule has 0 fully saturated rings. The third kappa shape index (κ3) is 15.4. The highest BCUT2D eigenvalue weighted by Gasteiger charge is 2.28. The monoisotopic (exact) mass is 1180 g/mol. The lowest BCUT2D eigenvalue weighted by molar-refractivity contribution is 0.103. The molecule has 0 aliphatic rings. The van der Waals surface area contributed by atoms with Crippen LogP contribution in [-0.2, 0) is 30.1 Å². The normalized spacial score (nSPS) is 11.9. The highest BCUT2D eigenvalue weighted by Crippen LogP contribution is 2.35. The van der Waals surface area contributed by atoms with Crippen LogP contribution >= 0.6 is 0 Å². The van der Waals surface area contributed by atoms with Crippen LogP contribution in [0.1, 0.15) is 100 Å². The number of nitrogens with one attached hydrogen (secondary N) is 6. The summed E-state index contributed by atoms with van der Waals surface area (Å²) in [6, 6.07) is 13.0. The topological polar surface area (TPSA) is 279 Å². The Labute approximate surface area is 462 Å². The zero-order chi connectivity index (χ0) is 59.6.